The minimum Gasteiger partial charge on any atom is -0.395 e. The van der Waals surface area contributed by atoms with Crippen molar-refractivity contribution in [3.63, 3.8) is 0 Å². The second-order valence-corrected chi connectivity index (χ2v) is 5.09. The van der Waals surface area contributed by atoms with Crippen molar-refractivity contribution >= 4 is 28.7 Å². The van der Waals surface area contributed by atoms with Crippen LogP contribution >= 0.6 is 11.8 Å². The molecule has 0 saturated heterocycles. The van der Waals surface area contributed by atoms with E-state index >= 15 is 0 Å². The number of aliphatic hydroxyl groups is 1. The molecule has 6 heteroatoms. The number of thioether (sulfide) groups is 1. The van der Waals surface area contributed by atoms with Crippen LogP contribution in [0.3, 0.4) is 0 Å². The molecule has 2 N–H and O–H groups in total. The molecule has 0 spiro atoms. The van der Waals surface area contributed by atoms with Crippen molar-refractivity contribution in [3.05, 3.63) is 24.3 Å². The van der Waals surface area contributed by atoms with Crippen LogP contribution in [0.2, 0.25) is 0 Å². The Morgan fingerprint density at radius 3 is 2.67 bits per heavy atom. The maximum atomic E-state index is 9.23. The molecule has 5 nitrogen and oxygen atoms in total. The van der Waals surface area contributed by atoms with E-state index in [1.165, 1.54) is 0 Å². The van der Waals surface area contributed by atoms with Gasteiger partial charge in [-0.15, -0.1) is 10.2 Å². The highest BCUT2D eigenvalue weighted by Gasteiger charge is 2.16. The predicted molar refractivity (Wildman–Crippen MR) is 74.8 cm³/mol. The summed E-state index contributed by atoms with van der Waals surface area (Å²) < 4.78 is 0. The zero-order chi connectivity index (χ0) is 13.0. The second kappa shape index (κ2) is 5.97. The number of fused-ring (bicyclic) bond motifs is 1. The first-order chi connectivity index (χ1) is 8.74. The van der Waals surface area contributed by atoms with Gasteiger partial charge >= 0.3 is 0 Å². The van der Waals surface area contributed by atoms with Crippen LogP contribution in [0.1, 0.15) is 6.92 Å². The fraction of sp³-hybridized carbons (Fsp3) is 0.417. The maximum absolute atomic E-state index is 9.23. The number of aromatic nitrogens is 3. The number of hydrogen-bond acceptors (Lipinski definition) is 6. The van der Waals surface area contributed by atoms with E-state index < -0.39 is 0 Å². The van der Waals surface area contributed by atoms with Crippen LogP contribution < -0.4 is 5.32 Å². The lowest BCUT2D eigenvalue weighted by molar-refractivity contribution is 0.288. The summed E-state index contributed by atoms with van der Waals surface area (Å²) in [5, 5.41) is 20.6. The quantitative estimate of drug-likeness (QED) is 0.854. The van der Waals surface area contributed by atoms with Crippen LogP contribution in [0.4, 0.5) is 5.95 Å². The lowest BCUT2D eigenvalue weighted by Gasteiger charge is -2.20. The topological polar surface area (TPSA) is 70.9 Å². The van der Waals surface area contributed by atoms with Gasteiger partial charge in [0.1, 0.15) is 5.52 Å². The van der Waals surface area contributed by atoms with Gasteiger partial charge in [0.15, 0.2) is 0 Å². The van der Waals surface area contributed by atoms with Gasteiger partial charge in [-0.2, -0.15) is 11.8 Å². The van der Waals surface area contributed by atoms with Gasteiger partial charge in [0, 0.05) is 11.3 Å². The Balaban J connectivity index is 2.16. The van der Waals surface area contributed by atoms with E-state index in [2.05, 4.69) is 20.5 Å². The molecular formula is C12H16N4OS. The normalized spacial score (nSPS) is 14.4. The van der Waals surface area contributed by atoms with E-state index in [0.29, 0.717) is 5.95 Å². The summed E-state index contributed by atoms with van der Waals surface area (Å²) in [7, 11) is 0. The fourth-order valence-electron chi connectivity index (χ4n) is 1.68. The van der Waals surface area contributed by atoms with Crippen molar-refractivity contribution in [1.82, 2.24) is 15.2 Å². The number of rotatable bonds is 5. The van der Waals surface area contributed by atoms with Gasteiger partial charge in [-0.1, -0.05) is 12.1 Å². The summed E-state index contributed by atoms with van der Waals surface area (Å²) in [4.78, 5) is 4.39. The Labute approximate surface area is 110 Å². The number of para-hydroxylation sites is 1. The molecule has 2 atom stereocenters. The molecule has 96 valence electrons. The van der Waals surface area contributed by atoms with Gasteiger partial charge in [-0.25, -0.2) is 4.98 Å². The fourth-order valence-corrected chi connectivity index (χ4v) is 2.30. The number of nitrogens with one attached hydrogen (secondary N) is 1. The van der Waals surface area contributed by atoms with Crippen molar-refractivity contribution in [1.29, 1.82) is 0 Å². The summed E-state index contributed by atoms with van der Waals surface area (Å²) in [5.41, 5.74) is 1.59. The van der Waals surface area contributed by atoms with Gasteiger partial charge < -0.3 is 10.4 Å². The molecule has 2 rings (SSSR count). The maximum Gasteiger partial charge on any atom is 0.243 e. The minimum atomic E-state index is 0.0768. The highest BCUT2D eigenvalue weighted by molar-refractivity contribution is 7.99. The van der Waals surface area contributed by atoms with E-state index in [0.717, 1.165) is 11.0 Å². The minimum absolute atomic E-state index is 0.0768. The van der Waals surface area contributed by atoms with Crippen molar-refractivity contribution in [2.75, 3.05) is 18.2 Å². The summed E-state index contributed by atoms with van der Waals surface area (Å²) in [6, 6.07) is 7.68. The Hall–Kier alpha value is -1.40. The molecule has 2 unspecified atom stereocenters. The summed E-state index contributed by atoms with van der Waals surface area (Å²) in [6.07, 6.45) is 1.97. The third-order valence-corrected chi connectivity index (χ3v) is 3.92. The molecule has 0 amide bonds. The van der Waals surface area contributed by atoms with Gasteiger partial charge in [-0.3, -0.25) is 0 Å². The molecule has 0 fully saturated rings. The molecule has 2 aromatic rings. The molecule has 1 aromatic carbocycles. The molecule has 0 radical (unpaired) electrons. The molecular weight excluding hydrogens is 248 g/mol. The van der Waals surface area contributed by atoms with Gasteiger partial charge in [0.05, 0.1) is 12.1 Å². The first-order valence-electron chi connectivity index (χ1n) is 5.74. The highest BCUT2D eigenvalue weighted by Crippen LogP contribution is 2.15. The smallest absolute Gasteiger partial charge is 0.243 e. The Kier molecular flexibility index (Phi) is 4.33. The van der Waals surface area contributed by atoms with Gasteiger partial charge in [0.2, 0.25) is 5.95 Å². The highest BCUT2D eigenvalue weighted by atomic mass is 32.2. The summed E-state index contributed by atoms with van der Waals surface area (Å²) >= 11 is 1.61. The first-order valence-corrected chi connectivity index (χ1v) is 7.03. The molecule has 1 heterocycles. The molecule has 18 heavy (non-hydrogen) atoms. The van der Waals surface area contributed by atoms with Crippen molar-refractivity contribution < 1.29 is 5.11 Å². The van der Waals surface area contributed by atoms with Crippen LogP contribution in [0.5, 0.6) is 0 Å². The van der Waals surface area contributed by atoms with Crippen LogP contribution in [0, 0.1) is 0 Å². The number of nitrogens with zero attached hydrogens (tertiary/aromatic N) is 3. The molecule has 0 bridgehead atoms. The Morgan fingerprint density at radius 2 is 2.00 bits per heavy atom. The number of aliphatic hydroxyl groups excluding tert-OH is 1. The second-order valence-electron chi connectivity index (χ2n) is 4.01. The van der Waals surface area contributed by atoms with Crippen LogP contribution in [0.25, 0.3) is 11.0 Å². The monoisotopic (exact) mass is 264 g/mol. The van der Waals surface area contributed by atoms with Crippen LogP contribution in [-0.4, -0.2) is 44.4 Å². The number of benzene rings is 1. The third-order valence-electron chi connectivity index (χ3n) is 2.76. The molecule has 0 aliphatic rings. The summed E-state index contributed by atoms with van der Waals surface area (Å²) in [5.74, 6) is 0.494. The lowest BCUT2D eigenvalue weighted by atomic mass is 10.2. The predicted octanol–water partition coefficient (Wildman–Crippen LogP) is 1.55. The average molecular weight is 264 g/mol. The van der Waals surface area contributed by atoms with E-state index in [4.69, 9.17) is 0 Å². The SMILES string of the molecule is CSC(CO)C(C)Nc1nnc2ccccc2n1. The van der Waals surface area contributed by atoms with E-state index in [9.17, 15) is 5.11 Å². The molecule has 0 aliphatic carbocycles. The van der Waals surface area contributed by atoms with Gasteiger partial charge in [0.25, 0.3) is 0 Å². The van der Waals surface area contributed by atoms with Crippen LogP contribution in [-0.2, 0) is 0 Å². The largest absolute Gasteiger partial charge is 0.395 e. The molecule has 1 aromatic heterocycles. The number of hydrogen-bond donors (Lipinski definition) is 2. The molecule has 0 aliphatic heterocycles. The van der Waals surface area contributed by atoms with Crippen molar-refractivity contribution in [2.24, 2.45) is 0 Å². The third kappa shape index (κ3) is 2.88. The zero-order valence-corrected chi connectivity index (χ0v) is 11.2. The lowest BCUT2D eigenvalue weighted by Crippen LogP contribution is -2.31. The van der Waals surface area contributed by atoms with Crippen LogP contribution in [0.15, 0.2) is 24.3 Å². The zero-order valence-electron chi connectivity index (χ0n) is 10.4. The molecule has 0 saturated carbocycles. The Bertz CT molecular complexity index is 518. The van der Waals surface area contributed by atoms with E-state index in [-0.39, 0.29) is 17.9 Å². The van der Waals surface area contributed by atoms with Crippen molar-refractivity contribution in [2.45, 2.75) is 18.2 Å². The Morgan fingerprint density at radius 1 is 1.28 bits per heavy atom. The van der Waals surface area contributed by atoms with Crippen molar-refractivity contribution in [3.8, 4) is 0 Å². The van der Waals surface area contributed by atoms with Gasteiger partial charge in [-0.05, 0) is 25.3 Å². The first kappa shape index (κ1) is 13.0. The summed E-state index contributed by atoms with van der Waals surface area (Å²) in [6.45, 7) is 2.12. The number of anilines is 1. The van der Waals surface area contributed by atoms with E-state index in [1.807, 2.05) is 37.4 Å². The standard InChI is InChI=1S/C12H16N4OS/c1-8(11(7-17)18-2)13-12-14-9-5-3-4-6-10(9)15-16-12/h3-6,8,11,17H,7H2,1-2H3,(H,13,14,16). The van der Waals surface area contributed by atoms with E-state index in [1.54, 1.807) is 11.8 Å². The average Bonchev–Trinajstić information content (AvgIpc) is 2.40.